The molecule has 8 heteroatoms. The number of nitrogens with one attached hydrogen (secondary N) is 1. The van der Waals surface area contributed by atoms with Crippen molar-refractivity contribution in [1.29, 1.82) is 5.26 Å². The van der Waals surface area contributed by atoms with E-state index in [2.05, 4.69) is 11.4 Å². The molecule has 3 rings (SSSR count). The summed E-state index contributed by atoms with van der Waals surface area (Å²) < 4.78 is 26.6. The van der Waals surface area contributed by atoms with Gasteiger partial charge in [0.15, 0.2) is 0 Å². The van der Waals surface area contributed by atoms with Gasteiger partial charge < -0.3 is 5.32 Å². The zero-order valence-electron chi connectivity index (χ0n) is 17.4. The fraction of sp³-hybridized carbons (Fsp3) is 0.455. The molecule has 0 bridgehead atoms. The Labute approximate surface area is 182 Å². The molecule has 6 nitrogen and oxygen atoms in total. The number of hydrogen-bond acceptors (Lipinski definition) is 5. The normalized spacial score (nSPS) is 14.1. The minimum atomic E-state index is -3.57. The fourth-order valence-corrected chi connectivity index (χ4v) is 6.03. The standard InChI is InChI=1S/C22H27N3O3S2/c1-3-4-14-25(2)30(27,28)17-12-10-16(11-13-17)21(26)24-22-19(15-23)18-8-6-5-7-9-20(18)29-22/h10-13H,3-9,14H2,1-2H3,(H,24,26). The van der Waals surface area contributed by atoms with E-state index in [9.17, 15) is 18.5 Å². The van der Waals surface area contributed by atoms with Gasteiger partial charge in [0, 0.05) is 24.0 Å². The second-order valence-electron chi connectivity index (χ2n) is 7.54. The molecule has 1 aliphatic carbocycles. The molecule has 0 saturated carbocycles. The minimum absolute atomic E-state index is 0.165. The van der Waals surface area contributed by atoms with Gasteiger partial charge in [-0.1, -0.05) is 19.8 Å². The zero-order chi connectivity index (χ0) is 21.7. The first kappa shape index (κ1) is 22.5. The van der Waals surface area contributed by atoms with Crippen molar-refractivity contribution < 1.29 is 13.2 Å². The minimum Gasteiger partial charge on any atom is -0.312 e. The number of carbonyl (C=O) groups is 1. The van der Waals surface area contributed by atoms with Crippen LogP contribution < -0.4 is 5.32 Å². The molecule has 1 aliphatic rings. The summed E-state index contributed by atoms with van der Waals surface area (Å²) in [5, 5.41) is 13.1. The van der Waals surface area contributed by atoms with E-state index in [4.69, 9.17) is 0 Å². The Bertz CT molecular complexity index is 1050. The highest BCUT2D eigenvalue weighted by molar-refractivity contribution is 7.89. The van der Waals surface area contributed by atoms with E-state index in [1.54, 1.807) is 7.05 Å². The van der Waals surface area contributed by atoms with Crippen molar-refractivity contribution in [2.75, 3.05) is 18.9 Å². The summed E-state index contributed by atoms with van der Waals surface area (Å²) in [6.07, 6.45) is 6.86. The topological polar surface area (TPSA) is 90.3 Å². The monoisotopic (exact) mass is 445 g/mol. The smallest absolute Gasteiger partial charge is 0.256 e. The van der Waals surface area contributed by atoms with Crippen molar-refractivity contribution in [1.82, 2.24) is 4.31 Å². The number of rotatable bonds is 7. The predicted molar refractivity (Wildman–Crippen MR) is 119 cm³/mol. The number of nitrogens with zero attached hydrogens (tertiary/aromatic N) is 2. The molecule has 1 amide bonds. The van der Waals surface area contributed by atoms with Crippen molar-refractivity contribution >= 4 is 32.3 Å². The second kappa shape index (κ2) is 9.73. The Balaban J connectivity index is 1.77. The first-order valence-electron chi connectivity index (χ1n) is 10.3. The second-order valence-corrected chi connectivity index (χ2v) is 10.7. The molecule has 1 aromatic heterocycles. The molecule has 1 aromatic carbocycles. The molecule has 1 heterocycles. The zero-order valence-corrected chi connectivity index (χ0v) is 19.0. The van der Waals surface area contributed by atoms with Gasteiger partial charge in [0.05, 0.1) is 10.5 Å². The Kier molecular flexibility index (Phi) is 7.29. The third kappa shape index (κ3) is 4.75. The quantitative estimate of drug-likeness (QED) is 0.633. The van der Waals surface area contributed by atoms with E-state index in [-0.39, 0.29) is 10.8 Å². The number of carbonyl (C=O) groups excluding carboxylic acids is 1. The Morgan fingerprint density at radius 1 is 1.20 bits per heavy atom. The summed E-state index contributed by atoms with van der Waals surface area (Å²) in [7, 11) is -2.00. The summed E-state index contributed by atoms with van der Waals surface area (Å²) >= 11 is 1.48. The largest absolute Gasteiger partial charge is 0.312 e. The van der Waals surface area contributed by atoms with Gasteiger partial charge >= 0.3 is 0 Å². The van der Waals surface area contributed by atoms with E-state index in [1.807, 2.05) is 6.92 Å². The van der Waals surface area contributed by atoms with Gasteiger partial charge in [0.1, 0.15) is 11.1 Å². The van der Waals surface area contributed by atoms with Crippen molar-refractivity contribution in [2.24, 2.45) is 0 Å². The molecule has 0 unspecified atom stereocenters. The average Bonchev–Trinajstić information content (AvgIpc) is 2.90. The van der Waals surface area contributed by atoms with E-state index < -0.39 is 10.0 Å². The predicted octanol–water partition coefficient (Wildman–Crippen LogP) is 4.56. The average molecular weight is 446 g/mol. The van der Waals surface area contributed by atoms with Gasteiger partial charge in [-0.15, -0.1) is 11.3 Å². The molecule has 1 N–H and O–H groups in total. The molecule has 0 saturated heterocycles. The molecule has 160 valence electrons. The Morgan fingerprint density at radius 2 is 1.90 bits per heavy atom. The molecule has 0 fully saturated rings. The van der Waals surface area contributed by atoms with Crippen LogP contribution in [0.5, 0.6) is 0 Å². The molecular formula is C22H27N3O3S2. The van der Waals surface area contributed by atoms with Crippen LogP contribution >= 0.6 is 11.3 Å². The van der Waals surface area contributed by atoms with Gasteiger partial charge in [-0.2, -0.15) is 5.26 Å². The number of anilines is 1. The number of hydrogen-bond donors (Lipinski definition) is 1. The molecule has 30 heavy (non-hydrogen) atoms. The third-order valence-electron chi connectivity index (χ3n) is 5.41. The third-order valence-corrected chi connectivity index (χ3v) is 8.49. The van der Waals surface area contributed by atoms with E-state index in [0.717, 1.165) is 50.5 Å². The molecule has 0 aliphatic heterocycles. The highest BCUT2D eigenvalue weighted by Gasteiger charge is 2.23. The van der Waals surface area contributed by atoms with Crippen molar-refractivity contribution in [3.8, 4) is 6.07 Å². The van der Waals surface area contributed by atoms with E-state index in [0.29, 0.717) is 22.7 Å². The Morgan fingerprint density at radius 3 is 2.57 bits per heavy atom. The summed E-state index contributed by atoms with van der Waals surface area (Å²) in [6, 6.07) is 8.21. The molecule has 0 spiro atoms. The van der Waals surface area contributed by atoms with Crippen molar-refractivity contribution in [2.45, 2.75) is 56.8 Å². The van der Waals surface area contributed by atoms with Gasteiger partial charge in [0.2, 0.25) is 10.0 Å². The maximum Gasteiger partial charge on any atom is 0.256 e. The lowest BCUT2D eigenvalue weighted by Gasteiger charge is -2.16. The van der Waals surface area contributed by atoms with Crippen LogP contribution in [0.3, 0.4) is 0 Å². The number of nitriles is 1. The Hall–Kier alpha value is -2.21. The van der Waals surface area contributed by atoms with Crippen LogP contribution in [0.1, 0.15) is 65.4 Å². The maximum absolute atomic E-state index is 12.7. The highest BCUT2D eigenvalue weighted by atomic mass is 32.2. The van der Waals surface area contributed by atoms with E-state index >= 15 is 0 Å². The lowest BCUT2D eigenvalue weighted by Crippen LogP contribution is -2.28. The summed E-state index contributed by atoms with van der Waals surface area (Å²) in [5.41, 5.74) is 2.01. The fourth-order valence-electron chi connectivity index (χ4n) is 3.58. The summed E-state index contributed by atoms with van der Waals surface area (Å²) in [5.74, 6) is -0.341. The number of amides is 1. The lowest BCUT2D eigenvalue weighted by molar-refractivity contribution is 0.102. The van der Waals surface area contributed by atoms with Crippen LogP contribution in [-0.4, -0.2) is 32.2 Å². The van der Waals surface area contributed by atoms with Gasteiger partial charge in [0.25, 0.3) is 5.91 Å². The van der Waals surface area contributed by atoms with Crippen molar-refractivity contribution in [3.05, 3.63) is 45.8 Å². The van der Waals surface area contributed by atoms with Gasteiger partial charge in [-0.25, -0.2) is 12.7 Å². The van der Waals surface area contributed by atoms with Crippen molar-refractivity contribution in [3.63, 3.8) is 0 Å². The number of benzene rings is 1. The maximum atomic E-state index is 12.7. The van der Waals surface area contributed by atoms with Crippen LogP contribution in [0.25, 0.3) is 0 Å². The molecular weight excluding hydrogens is 418 g/mol. The van der Waals surface area contributed by atoms with Gasteiger partial charge in [-0.3, -0.25) is 4.79 Å². The first-order valence-corrected chi connectivity index (χ1v) is 12.6. The van der Waals surface area contributed by atoms with Crippen LogP contribution in [0, 0.1) is 11.3 Å². The van der Waals surface area contributed by atoms with Crippen LogP contribution in [0.2, 0.25) is 0 Å². The molecule has 2 aromatic rings. The number of sulfonamides is 1. The highest BCUT2D eigenvalue weighted by Crippen LogP contribution is 2.37. The number of thiophene rings is 1. The summed E-state index contributed by atoms with van der Waals surface area (Å²) in [4.78, 5) is 14.1. The SMILES string of the molecule is CCCCN(C)S(=O)(=O)c1ccc(C(=O)Nc2sc3c(c2C#N)CCCCC3)cc1. The molecule has 0 atom stereocenters. The van der Waals surface area contributed by atoms with Gasteiger partial charge in [-0.05, 0) is 61.9 Å². The molecule has 0 radical (unpaired) electrons. The first-order chi connectivity index (χ1) is 14.4. The van der Waals surface area contributed by atoms with Crippen LogP contribution in [-0.2, 0) is 22.9 Å². The van der Waals surface area contributed by atoms with Crippen LogP contribution in [0.15, 0.2) is 29.2 Å². The summed E-state index contributed by atoms with van der Waals surface area (Å²) in [6.45, 7) is 2.47. The number of unbranched alkanes of at least 4 members (excludes halogenated alkanes) is 1. The van der Waals surface area contributed by atoms with E-state index in [1.165, 1.54) is 44.8 Å². The number of aryl methyl sites for hydroxylation is 1. The number of fused-ring (bicyclic) bond motifs is 1. The lowest BCUT2D eigenvalue weighted by atomic mass is 10.1. The van der Waals surface area contributed by atoms with Crippen LogP contribution in [0.4, 0.5) is 5.00 Å².